The van der Waals surface area contributed by atoms with Gasteiger partial charge in [0.05, 0.1) is 25.0 Å². The number of ether oxygens (including phenoxy) is 1. The van der Waals surface area contributed by atoms with Gasteiger partial charge >= 0.3 is 0 Å². The van der Waals surface area contributed by atoms with Gasteiger partial charge in [0.15, 0.2) is 0 Å². The second kappa shape index (κ2) is 8.63. The highest BCUT2D eigenvalue weighted by Crippen LogP contribution is 2.20. The molecule has 1 amide bonds. The number of anilines is 1. The van der Waals surface area contributed by atoms with Crippen LogP contribution in [0.25, 0.3) is 0 Å². The summed E-state index contributed by atoms with van der Waals surface area (Å²) in [5, 5.41) is 10.4. The van der Waals surface area contributed by atoms with Crippen molar-refractivity contribution >= 4 is 23.4 Å². The summed E-state index contributed by atoms with van der Waals surface area (Å²) < 4.78 is 37.0. The van der Waals surface area contributed by atoms with Crippen molar-refractivity contribution in [2.24, 2.45) is 0 Å². The Hall–Kier alpha value is -2.94. The maximum atomic E-state index is 13.5. The number of carbonyl (C=O) groups is 1. The van der Waals surface area contributed by atoms with Gasteiger partial charge in [-0.1, -0.05) is 23.9 Å². The normalized spacial score (nSPS) is 10.6. The summed E-state index contributed by atoms with van der Waals surface area (Å²) in [6.45, 7) is 0. The lowest BCUT2D eigenvalue weighted by molar-refractivity contribution is -0.113. The Morgan fingerprint density at radius 1 is 1.19 bits per heavy atom. The van der Waals surface area contributed by atoms with Crippen molar-refractivity contribution in [1.29, 1.82) is 0 Å². The van der Waals surface area contributed by atoms with Crippen LogP contribution in [0.2, 0.25) is 0 Å². The molecule has 0 aliphatic carbocycles. The van der Waals surface area contributed by atoms with Gasteiger partial charge in [0.1, 0.15) is 17.4 Å². The number of aromatic nitrogens is 2. The first kappa shape index (κ1) is 18.8. The summed E-state index contributed by atoms with van der Waals surface area (Å²) in [5.41, 5.74) is 0.883. The number of hydrogen-bond donors (Lipinski definition) is 1. The highest BCUT2D eigenvalue weighted by Gasteiger charge is 2.12. The molecule has 0 fully saturated rings. The minimum atomic E-state index is -0.840. The summed E-state index contributed by atoms with van der Waals surface area (Å²) in [5.74, 6) is -0.915. The molecule has 0 saturated heterocycles. The molecule has 2 aromatic carbocycles. The molecule has 6 nitrogen and oxygen atoms in total. The Labute approximate surface area is 157 Å². The van der Waals surface area contributed by atoms with Crippen molar-refractivity contribution in [3.8, 4) is 5.75 Å². The molecule has 1 aromatic heterocycles. The molecule has 9 heteroatoms. The Morgan fingerprint density at radius 2 is 1.96 bits per heavy atom. The molecule has 1 heterocycles. The third kappa shape index (κ3) is 5.27. The molecule has 0 atom stereocenters. The summed E-state index contributed by atoms with van der Waals surface area (Å²) in [6.07, 6.45) is 0.449. The second-order valence-electron chi connectivity index (χ2n) is 5.45. The number of halogens is 2. The number of nitrogens with zero attached hydrogens (tertiary/aromatic N) is 2. The maximum Gasteiger partial charge on any atom is 0.277 e. The fourth-order valence-electron chi connectivity index (χ4n) is 2.19. The SMILES string of the molecule is COc1ccc(Cc2nnc(SCC(=O)Nc3ccc(F)cc3F)o2)cc1. The predicted octanol–water partition coefficient (Wildman–Crippen LogP) is 3.68. The molecule has 0 bridgehead atoms. The van der Waals surface area contributed by atoms with E-state index in [0.29, 0.717) is 18.4 Å². The van der Waals surface area contributed by atoms with Crippen LogP contribution in [0, 0.1) is 11.6 Å². The Bertz CT molecular complexity index is 932. The van der Waals surface area contributed by atoms with Crippen molar-refractivity contribution < 1.29 is 22.7 Å². The number of hydrogen-bond acceptors (Lipinski definition) is 6. The number of thioether (sulfide) groups is 1. The zero-order valence-corrected chi connectivity index (χ0v) is 15.1. The van der Waals surface area contributed by atoms with Gasteiger partial charge in [-0.3, -0.25) is 4.79 Å². The summed E-state index contributed by atoms with van der Waals surface area (Å²) in [6, 6.07) is 10.4. The fraction of sp³-hybridized carbons (Fsp3) is 0.167. The lowest BCUT2D eigenvalue weighted by Crippen LogP contribution is -2.15. The summed E-state index contributed by atoms with van der Waals surface area (Å²) in [7, 11) is 1.59. The van der Waals surface area contributed by atoms with Crippen molar-refractivity contribution in [2.75, 3.05) is 18.2 Å². The van der Waals surface area contributed by atoms with E-state index < -0.39 is 17.5 Å². The standard InChI is InChI=1S/C18H15F2N3O3S/c1-25-13-5-2-11(3-6-13)8-17-22-23-18(26-17)27-10-16(24)21-15-7-4-12(19)9-14(15)20/h2-7,9H,8,10H2,1H3,(H,21,24). The minimum Gasteiger partial charge on any atom is -0.497 e. The van der Waals surface area contributed by atoms with Crippen LogP contribution in [0.15, 0.2) is 52.1 Å². The molecule has 1 N–H and O–H groups in total. The highest BCUT2D eigenvalue weighted by molar-refractivity contribution is 7.99. The van der Waals surface area contributed by atoms with Gasteiger partial charge in [0.2, 0.25) is 11.8 Å². The molecule has 3 aromatic rings. The lowest BCUT2D eigenvalue weighted by atomic mass is 10.1. The first-order valence-electron chi connectivity index (χ1n) is 7.86. The lowest BCUT2D eigenvalue weighted by Gasteiger charge is -2.05. The number of amides is 1. The van der Waals surface area contributed by atoms with Crippen LogP contribution in [0.5, 0.6) is 5.75 Å². The van der Waals surface area contributed by atoms with Crippen molar-refractivity contribution in [2.45, 2.75) is 11.6 Å². The van der Waals surface area contributed by atoms with Gasteiger partial charge in [-0.2, -0.15) is 0 Å². The zero-order chi connectivity index (χ0) is 19.2. The fourth-order valence-corrected chi connectivity index (χ4v) is 2.77. The molecule has 3 rings (SSSR count). The molecule has 0 radical (unpaired) electrons. The Morgan fingerprint density at radius 3 is 2.67 bits per heavy atom. The molecule has 0 unspecified atom stereocenters. The maximum absolute atomic E-state index is 13.5. The Kier molecular flexibility index (Phi) is 6.02. The third-order valence-corrected chi connectivity index (χ3v) is 4.31. The van der Waals surface area contributed by atoms with E-state index in [2.05, 4.69) is 15.5 Å². The molecule has 0 aliphatic rings. The molecular formula is C18H15F2N3O3S. The van der Waals surface area contributed by atoms with Crippen LogP contribution < -0.4 is 10.1 Å². The Balaban J connectivity index is 1.52. The summed E-state index contributed by atoms with van der Waals surface area (Å²) >= 11 is 1.03. The van der Waals surface area contributed by atoms with Crippen molar-refractivity contribution in [3.63, 3.8) is 0 Å². The number of benzene rings is 2. The van der Waals surface area contributed by atoms with Crippen LogP contribution >= 0.6 is 11.8 Å². The van der Waals surface area contributed by atoms with E-state index >= 15 is 0 Å². The van der Waals surface area contributed by atoms with Gasteiger partial charge < -0.3 is 14.5 Å². The van der Waals surface area contributed by atoms with Crippen LogP contribution in [0.4, 0.5) is 14.5 Å². The van der Waals surface area contributed by atoms with Crippen LogP contribution in [-0.2, 0) is 11.2 Å². The first-order chi connectivity index (χ1) is 13.0. The first-order valence-corrected chi connectivity index (χ1v) is 8.85. The molecule has 0 aliphatic heterocycles. The van der Waals surface area contributed by atoms with Gasteiger partial charge in [0, 0.05) is 6.07 Å². The van der Waals surface area contributed by atoms with Crippen molar-refractivity contribution in [3.05, 3.63) is 65.6 Å². The topological polar surface area (TPSA) is 77.2 Å². The van der Waals surface area contributed by atoms with Crippen molar-refractivity contribution in [1.82, 2.24) is 10.2 Å². The van der Waals surface area contributed by atoms with E-state index in [4.69, 9.17) is 9.15 Å². The number of nitrogens with one attached hydrogen (secondary N) is 1. The number of rotatable bonds is 7. The van der Waals surface area contributed by atoms with E-state index in [1.165, 1.54) is 0 Å². The molecule has 0 spiro atoms. The van der Waals surface area contributed by atoms with E-state index in [-0.39, 0.29) is 16.7 Å². The van der Waals surface area contributed by atoms with Gasteiger partial charge in [-0.15, -0.1) is 10.2 Å². The van der Waals surface area contributed by atoms with Crippen LogP contribution in [0.3, 0.4) is 0 Å². The molecule has 0 saturated carbocycles. The molecule has 140 valence electrons. The van der Waals surface area contributed by atoms with E-state index in [1.807, 2.05) is 24.3 Å². The van der Waals surface area contributed by atoms with Gasteiger partial charge in [-0.05, 0) is 29.8 Å². The van der Waals surface area contributed by atoms with Crippen LogP contribution in [0.1, 0.15) is 11.5 Å². The van der Waals surface area contributed by atoms with Crippen LogP contribution in [-0.4, -0.2) is 29.0 Å². The van der Waals surface area contributed by atoms with E-state index in [0.717, 1.165) is 35.2 Å². The monoisotopic (exact) mass is 391 g/mol. The zero-order valence-electron chi connectivity index (χ0n) is 14.2. The molecule has 27 heavy (non-hydrogen) atoms. The smallest absolute Gasteiger partial charge is 0.277 e. The average molecular weight is 391 g/mol. The van der Waals surface area contributed by atoms with Gasteiger partial charge in [0.25, 0.3) is 5.22 Å². The van der Waals surface area contributed by atoms with E-state index in [1.54, 1.807) is 7.11 Å². The third-order valence-electron chi connectivity index (χ3n) is 3.49. The largest absolute Gasteiger partial charge is 0.497 e. The second-order valence-corrected chi connectivity index (χ2v) is 6.37. The number of methoxy groups -OCH3 is 1. The molecular weight excluding hydrogens is 376 g/mol. The predicted molar refractivity (Wildman–Crippen MR) is 95.8 cm³/mol. The summed E-state index contributed by atoms with van der Waals surface area (Å²) in [4.78, 5) is 11.9. The minimum absolute atomic E-state index is 0.0546. The van der Waals surface area contributed by atoms with Gasteiger partial charge in [-0.25, -0.2) is 8.78 Å². The highest BCUT2D eigenvalue weighted by atomic mass is 32.2. The average Bonchev–Trinajstić information content (AvgIpc) is 3.10. The quantitative estimate of drug-likeness (QED) is 0.619. The van der Waals surface area contributed by atoms with E-state index in [9.17, 15) is 13.6 Å². The number of carbonyl (C=O) groups excluding carboxylic acids is 1.